The van der Waals surface area contributed by atoms with E-state index in [4.69, 9.17) is 126 Å². The zero-order valence-corrected chi connectivity index (χ0v) is 69.8. The van der Waals surface area contributed by atoms with Crippen molar-refractivity contribution in [3.05, 3.63) is 274 Å². The van der Waals surface area contributed by atoms with Gasteiger partial charge in [0.25, 0.3) is 0 Å². The fraction of sp³-hybridized carbons (Fsp3) is 0.398. The number of halogens is 5. The third-order valence-electron chi connectivity index (χ3n) is 21.9. The lowest BCUT2D eigenvalue weighted by Crippen LogP contribution is -2.32. The average Bonchev–Trinajstić information content (AvgIpc) is 1.73. The lowest BCUT2D eigenvalue weighted by atomic mass is 9.90. The summed E-state index contributed by atoms with van der Waals surface area (Å²) in [6.07, 6.45) is 6.25. The van der Waals surface area contributed by atoms with Crippen molar-refractivity contribution in [1.82, 2.24) is 0 Å². The number of hydrogen-bond acceptors (Lipinski definition) is 17. The molecule has 17 nitrogen and oxygen atoms in total. The summed E-state index contributed by atoms with van der Waals surface area (Å²) in [5.74, 6) is 6.61. The molecular weight excluding hydrogens is 1550 g/mol. The molecule has 0 spiro atoms. The molecule has 22 heteroatoms. The number of nitrogens with zero attached hydrogens (tertiary/aromatic N) is 9. The van der Waals surface area contributed by atoms with E-state index in [-0.39, 0.29) is 55.8 Å². The van der Waals surface area contributed by atoms with Gasteiger partial charge in [-0.15, -0.1) is 0 Å². The van der Waals surface area contributed by atoms with Crippen LogP contribution < -0.4 is 4.90 Å². The molecule has 0 aliphatic carbocycles. The maximum absolute atomic E-state index is 6.25. The van der Waals surface area contributed by atoms with Crippen LogP contribution >= 0.6 is 58.0 Å². The van der Waals surface area contributed by atoms with Crippen LogP contribution in [0.1, 0.15) is 188 Å². The van der Waals surface area contributed by atoms with Crippen molar-refractivity contribution in [3.63, 3.8) is 0 Å². The molecule has 0 saturated carbocycles. The lowest BCUT2D eigenvalue weighted by molar-refractivity contribution is 0.292. The number of para-hydroxylation sites is 1. The minimum atomic E-state index is -0.0776. The van der Waals surface area contributed by atoms with E-state index in [0.717, 1.165) is 83.7 Å². The number of aryl methyl sites for hydroxylation is 3. The number of anilines is 1. The van der Waals surface area contributed by atoms with Crippen LogP contribution in [0.2, 0.25) is 25.1 Å². The van der Waals surface area contributed by atoms with Crippen LogP contribution in [0.5, 0.6) is 0 Å². The highest BCUT2D eigenvalue weighted by atomic mass is 35.5. The van der Waals surface area contributed by atoms with E-state index in [1.165, 1.54) is 50.2 Å². The Labute approximate surface area is 703 Å². The van der Waals surface area contributed by atoms with Gasteiger partial charge in [0.1, 0.15) is 89.1 Å². The number of hydrogen-bond donors (Lipinski definition) is 0. The first kappa shape index (κ1) is 85.1. The lowest BCUT2D eigenvalue weighted by Gasteiger charge is -2.24. The largest absolute Gasteiger partial charge is 0.478 e. The van der Waals surface area contributed by atoms with Crippen LogP contribution in [0.4, 0.5) is 5.69 Å². The Morgan fingerprint density at radius 3 is 1.03 bits per heavy atom. The number of rotatable bonds is 25. The Morgan fingerprint density at radius 1 is 0.330 bits per heavy atom. The fourth-order valence-corrected chi connectivity index (χ4v) is 15.8. The predicted octanol–water partition coefficient (Wildman–Crippen LogP) is 22.9. The second-order valence-corrected chi connectivity index (χ2v) is 31.8. The van der Waals surface area contributed by atoms with Crippen molar-refractivity contribution < 1.29 is 37.9 Å². The van der Waals surface area contributed by atoms with Gasteiger partial charge in [-0.2, -0.15) is 0 Å². The van der Waals surface area contributed by atoms with Crippen molar-refractivity contribution >= 4 is 111 Å². The van der Waals surface area contributed by atoms with Gasteiger partial charge in [0.05, 0.1) is 57.9 Å². The Hall–Kier alpha value is -9.23. The van der Waals surface area contributed by atoms with Crippen molar-refractivity contribution in [3.8, 4) is 0 Å². The second-order valence-electron chi connectivity index (χ2n) is 29.7. The maximum atomic E-state index is 6.25. The van der Waals surface area contributed by atoms with Gasteiger partial charge < -0.3 is 42.8 Å². The zero-order chi connectivity index (χ0) is 79.6. The van der Waals surface area contributed by atoms with Gasteiger partial charge in [-0.25, -0.2) is 39.9 Å². The van der Waals surface area contributed by atoms with Gasteiger partial charge in [0.2, 0.25) is 0 Å². The molecule has 8 aromatic carbocycles. The van der Waals surface area contributed by atoms with E-state index in [1.54, 1.807) is 12.1 Å². The van der Waals surface area contributed by atoms with Crippen LogP contribution in [-0.4, -0.2) is 131 Å². The van der Waals surface area contributed by atoms with E-state index < -0.39 is 0 Å². The first-order chi connectivity index (χ1) is 55.4. The maximum Gasteiger partial charge on any atom is 0.193 e. The fourth-order valence-electron chi connectivity index (χ4n) is 15.0. The van der Waals surface area contributed by atoms with Crippen molar-refractivity contribution in [2.75, 3.05) is 70.8 Å². The molecule has 604 valence electrons. The van der Waals surface area contributed by atoms with Gasteiger partial charge in [-0.1, -0.05) is 219 Å². The summed E-state index contributed by atoms with van der Waals surface area (Å²) in [6, 6.07) is 62.1. The third-order valence-corrected chi connectivity index (χ3v) is 23.8. The zero-order valence-electron chi connectivity index (χ0n) is 66.0. The SMILES string of the molecule is C.CCC(C[C@H]1COC(CC2=N[C@@H](c3ccc(C)c(Cl)c3)CO2)=N1)c1ccccc1.CCC(C[C@H]1COC(CC2=N[C@@H](c3cccc(C)c3C)CO2)=N1)c1ccccc1.CCN(C[C@H]1COC(CC2=N[C@@H](c3ccc(Cl)c(Cl)c3)CO2)=N1)c1ccccc1.Cc1cccc([C@H]2COC(CC3=N[C@@H](c4ccc(Cl)c(Cl)c4)CO3)=N2)c1C. The summed E-state index contributed by atoms with van der Waals surface area (Å²) in [5, 5.41) is 2.89. The van der Waals surface area contributed by atoms with Crippen LogP contribution in [-0.2, 0) is 37.9 Å². The van der Waals surface area contributed by atoms with Crippen LogP contribution in [0, 0.1) is 34.6 Å². The molecule has 0 fully saturated rings. The molecule has 8 aliphatic rings. The van der Waals surface area contributed by atoms with Crippen LogP contribution in [0.15, 0.2) is 222 Å². The van der Waals surface area contributed by atoms with E-state index in [9.17, 15) is 0 Å². The number of ether oxygens (including phenoxy) is 8. The molecule has 8 aromatic rings. The van der Waals surface area contributed by atoms with Crippen LogP contribution in [0.25, 0.3) is 0 Å². The topological polar surface area (TPSA) is 176 Å². The summed E-state index contributed by atoms with van der Waals surface area (Å²) in [6.45, 7) is 23.5. The van der Waals surface area contributed by atoms with Gasteiger partial charge >= 0.3 is 0 Å². The summed E-state index contributed by atoms with van der Waals surface area (Å²) in [7, 11) is 0. The minimum absolute atomic E-state index is 0. The second kappa shape index (κ2) is 41.1. The molecule has 0 aromatic heterocycles. The molecule has 0 bridgehead atoms. The van der Waals surface area contributed by atoms with Gasteiger partial charge in [-0.3, -0.25) is 0 Å². The van der Waals surface area contributed by atoms with Gasteiger partial charge in [0.15, 0.2) is 47.2 Å². The molecule has 16 rings (SSSR count). The monoisotopic (exact) mass is 1650 g/mol. The third kappa shape index (κ3) is 22.9. The highest BCUT2D eigenvalue weighted by Gasteiger charge is 2.33. The standard InChI is InChI=1S/C25H30N2O2.C24H27ClN2O2.C22H23Cl2N3O2.C21H20Cl2N2O2.CH4/c1-4-19(20-10-6-5-7-11-20)13-21-15-28-24(26-21)14-25-27-23(16-29-25)22-12-8-9-17(2)18(22)3;1-3-17(18-7-5-4-6-8-18)11-20-14-28-23(26-20)13-24-27-22(15-29-24)19-10-9-16(2)21(25)12-19;1-2-27(17-6-4-3-5-7-17)12-16-13-28-21(25-16)11-22-26-20(14-29-22)15-8-9-18(23)19(24)10-15;1-12-4-3-5-15(13(12)2)19-11-27-21(25-19)9-20-24-18(10-26-20)14-6-7-16(22)17(23)8-14;/h5-12,19,21,23H,4,13-16H2,1-3H3;4-10,12,17,20,22H,3,11,13-15H2,1-2H3;3-10,16,20H,2,11-14H2,1H3;3-8,18-19H,9-11H2,1-2H3;1H4/t19?,21-,23+;17?,20-,22+;16-,20+;18-,19-;/m0001./s1. The van der Waals surface area contributed by atoms with E-state index >= 15 is 0 Å². The first-order valence-electron chi connectivity index (χ1n) is 39.6. The normalized spacial score (nSPS) is 21.3. The van der Waals surface area contributed by atoms with E-state index in [2.05, 4.69) is 191 Å². The molecule has 0 radical (unpaired) electrons. The minimum Gasteiger partial charge on any atom is -0.478 e. The molecule has 115 heavy (non-hydrogen) atoms. The quantitative estimate of drug-likeness (QED) is 0.0539. The Kier molecular flexibility index (Phi) is 30.4. The summed E-state index contributed by atoms with van der Waals surface area (Å²) < 4.78 is 46.5. The molecule has 0 amide bonds. The van der Waals surface area contributed by atoms with E-state index in [1.807, 2.05) is 49.4 Å². The average molecular weight is 1650 g/mol. The smallest absolute Gasteiger partial charge is 0.193 e. The number of aliphatic imine (C=N–C) groups is 8. The number of benzene rings is 8. The highest BCUT2D eigenvalue weighted by Crippen LogP contribution is 2.37. The molecule has 8 aliphatic heterocycles. The van der Waals surface area contributed by atoms with Gasteiger partial charge in [0, 0.05) is 23.8 Å². The molecule has 0 N–H and O–H groups in total. The van der Waals surface area contributed by atoms with Gasteiger partial charge in [-0.05, 0) is 188 Å². The number of likely N-dealkylation sites (N-methyl/N-ethyl adjacent to an activating group) is 1. The van der Waals surface area contributed by atoms with Crippen LogP contribution in [0.3, 0.4) is 0 Å². The van der Waals surface area contributed by atoms with Crippen molar-refractivity contribution in [2.24, 2.45) is 39.9 Å². The summed E-state index contributed by atoms with van der Waals surface area (Å²) in [4.78, 5) is 40.3. The molecule has 8 heterocycles. The molecular formula is C93H104Cl5N9O8. The molecule has 2 unspecified atom stereocenters. The Bertz CT molecular complexity index is 4740. The van der Waals surface area contributed by atoms with E-state index in [0.29, 0.717) is 140 Å². The summed E-state index contributed by atoms with van der Waals surface area (Å²) in [5.41, 5.74) is 15.7. The Balaban J connectivity index is 0.000000141. The Morgan fingerprint density at radius 2 is 0.661 bits per heavy atom. The molecule has 10 atom stereocenters. The molecule has 0 saturated heterocycles. The summed E-state index contributed by atoms with van der Waals surface area (Å²) >= 11 is 30.4. The highest BCUT2D eigenvalue weighted by molar-refractivity contribution is 6.42. The van der Waals surface area contributed by atoms with Crippen molar-refractivity contribution in [1.29, 1.82) is 0 Å². The first-order valence-corrected chi connectivity index (χ1v) is 41.5. The predicted molar refractivity (Wildman–Crippen MR) is 471 cm³/mol. The van der Waals surface area contributed by atoms with Crippen molar-refractivity contribution in [2.45, 2.75) is 174 Å².